The van der Waals surface area contributed by atoms with Crippen LogP contribution in [0.15, 0.2) is 11.6 Å². The molecule has 1 aliphatic heterocycles. The largest absolute Gasteiger partial charge is 0.365 e. The van der Waals surface area contributed by atoms with Crippen LogP contribution in [0.4, 0.5) is 10.3 Å². The van der Waals surface area contributed by atoms with Crippen molar-refractivity contribution in [2.45, 2.75) is 25.7 Å². The Morgan fingerprint density at radius 1 is 1.21 bits per heavy atom. The van der Waals surface area contributed by atoms with Crippen molar-refractivity contribution in [2.24, 2.45) is 0 Å². The minimum Gasteiger partial charge on any atom is -0.365 e. The zero-order valence-electron chi connectivity index (χ0n) is 11.1. The van der Waals surface area contributed by atoms with Crippen LogP contribution in [-0.2, 0) is 0 Å². The summed E-state index contributed by atoms with van der Waals surface area (Å²) < 4.78 is 0. The van der Waals surface area contributed by atoms with Gasteiger partial charge in [0.15, 0.2) is 10.3 Å². The van der Waals surface area contributed by atoms with Crippen molar-refractivity contribution in [3.05, 3.63) is 11.6 Å². The van der Waals surface area contributed by atoms with Gasteiger partial charge in [0, 0.05) is 31.7 Å². The summed E-state index contributed by atoms with van der Waals surface area (Å²) in [7, 11) is 1.90. The molecule has 2 aromatic heterocycles. The number of nitrogens with zero attached hydrogens (tertiary/aromatic N) is 3. The minimum absolute atomic E-state index is 0.958. The molecule has 4 nitrogen and oxygen atoms in total. The Morgan fingerprint density at radius 3 is 2.68 bits per heavy atom. The third-order valence-electron chi connectivity index (χ3n) is 3.34. The van der Waals surface area contributed by atoms with Crippen molar-refractivity contribution in [2.75, 3.05) is 30.4 Å². The van der Waals surface area contributed by atoms with Crippen LogP contribution in [0.1, 0.15) is 25.7 Å². The molecule has 0 spiro atoms. The molecule has 19 heavy (non-hydrogen) atoms. The van der Waals surface area contributed by atoms with E-state index in [4.69, 9.17) is 0 Å². The van der Waals surface area contributed by atoms with Gasteiger partial charge in [0.05, 0.1) is 10.6 Å². The lowest BCUT2D eigenvalue weighted by molar-refractivity contribution is 0.726. The van der Waals surface area contributed by atoms with E-state index < -0.39 is 0 Å². The zero-order chi connectivity index (χ0) is 13.1. The molecule has 0 aromatic carbocycles. The maximum absolute atomic E-state index is 4.58. The third kappa shape index (κ3) is 2.90. The van der Waals surface area contributed by atoms with Gasteiger partial charge in [-0.2, -0.15) is 0 Å². The lowest BCUT2D eigenvalue weighted by atomic mass is 10.2. The predicted molar refractivity (Wildman–Crippen MR) is 83.4 cm³/mol. The number of thiazole rings is 2. The highest BCUT2D eigenvalue weighted by Crippen LogP contribution is 2.33. The first-order valence-electron chi connectivity index (χ1n) is 6.71. The highest BCUT2D eigenvalue weighted by molar-refractivity contribution is 7.19. The predicted octanol–water partition coefficient (Wildman–Crippen LogP) is 3.69. The molecule has 1 fully saturated rings. The van der Waals surface area contributed by atoms with Crippen LogP contribution in [0.25, 0.3) is 10.6 Å². The van der Waals surface area contributed by atoms with E-state index in [1.54, 1.807) is 22.7 Å². The fraction of sp³-hybridized carbons (Fsp3) is 0.538. The van der Waals surface area contributed by atoms with Gasteiger partial charge < -0.3 is 10.2 Å². The molecule has 3 rings (SSSR count). The number of aromatic nitrogens is 2. The first kappa shape index (κ1) is 12.9. The highest BCUT2D eigenvalue weighted by Gasteiger charge is 2.15. The molecule has 0 atom stereocenters. The minimum atomic E-state index is 0.958. The fourth-order valence-corrected chi connectivity index (χ4v) is 3.97. The lowest BCUT2D eigenvalue weighted by Crippen LogP contribution is -2.23. The Labute approximate surface area is 121 Å². The Bertz CT molecular complexity index is 526. The molecule has 2 aromatic rings. The summed E-state index contributed by atoms with van der Waals surface area (Å²) in [5.41, 5.74) is 1.04. The maximum Gasteiger partial charge on any atom is 0.185 e. The number of hydrogen-bond donors (Lipinski definition) is 1. The standard InChI is InChI=1S/C13H18N4S2/c1-14-12-16-10(9-18-12)11-8-15-13(19-11)17-6-4-2-3-5-7-17/h8-9H,2-7H2,1H3,(H,14,16). The van der Waals surface area contributed by atoms with Crippen molar-refractivity contribution >= 4 is 32.9 Å². The summed E-state index contributed by atoms with van der Waals surface area (Å²) in [6.07, 6.45) is 7.24. The van der Waals surface area contributed by atoms with E-state index in [0.29, 0.717) is 0 Å². The van der Waals surface area contributed by atoms with Crippen molar-refractivity contribution in [3.8, 4) is 10.6 Å². The smallest absolute Gasteiger partial charge is 0.185 e. The monoisotopic (exact) mass is 294 g/mol. The summed E-state index contributed by atoms with van der Waals surface area (Å²) >= 11 is 3.39. The second kappa shape index (κ2) is 5.88. The van der Waals surface area contributed by atoms with Crippen molar-refractivity contribution in [1.29, 1.82) is 0 Å². The molecule has 0 aliphatic carbocycles. The Balaban J connectivity index is 1.78. The zero-order valence-corrected chi connectivity index (χ0v) is 12.7. The summed E-state index contributed by atoms with van der Waals surface area (Å²) in [5, 5.41) is 7.27. The van der Waals surface area contributed by atoms with Gasteiger partial charge in [-0.25, -0.2) is 9.97 Å². The van der Waals surface area contributed by atoms with Gasteiger partial charge in [-0.3, -0.25) is 0 Å². The second-order valence-electron chi connectivity index (χ2n) is 4.70. The number of rotatable bonds is 3. The van der Waals surface area contributed by atoms with Crippen LogP contribution in [0, 0.1) is 0 Å². The van der Waals surface area contributed by atoms with E-state index in [9.17, 15) is 0 Å². The van der Waals surface area contributed by atoms with Crippen LogP contribution >= 0.6 is 22.7 Å². The average molecular weight is 294 g/mol. The molecule has 0 bridgehead atoms. The fourth-order valence-electron chi connectivity index (χ4n) is 2.29. The van der Waals surface area contributed by atoms with E-state index in [2.05, 4.69) is 25.6 Å². The Kier molecular flexibility index (Phi) is 3.98. The molecule has 0 radical (unpaired) electrons. The van der Waals surface area contributed by atoms with Crippen molar-refractivity contribution < 1.29 is 0 Å². The average Bonchev–Trinajstić information content (AvgIpc) is 3.02. The van der Waals surface area contributed by atoms with Gasteiger partial charge in [-0.15, -0.1) is 11.3 Å². The SMILES string of the molecule is CNc1nc(-c2cnc(N3CCCCCC3)s2)cs1. The second-order valence-corrected chi connectivity index (χ2v) is 6.56. The summed E-state index contributed by atoms with van der Waals surface area (Å²) in [4.78, 5) is 12.7. The molecule has 1 N–H and O–H groups in total. The molecule has 102 valence electrons. The van der Waals surface area contributed by atoms with Crippen LogP contribution in [-0.4, -0.2) is 30.1 Å². The molecule has 0 saturated carbocycles. The highest BCUT2D eigenvalue weighted by atomic mass is 32.1. The van der Waals surface area contributed by atoms with Crippen LogP contribution in [0.2, 0.25) is 0 Å². The molecular formula is C13H18N4S2. The number of hydrogen-bond acceptors (Lipinski definition) is 6. The van der Waals surface area contributed by atoms with E-state index in [1.807, 2.05) is 13.2 Å². The first-order chi connectivity index (χ1) is 9.36. The molecule has 3 heterocycles. The maximum atomic E-state index is 4.58. The Hall–Kier alpha value is -1.14. The van der Waals surface area contributed by atoms with E-state index in [1.165, 1.54) is 25.7 Å². The lowest BCUT2D eigenvalue weighted by Gasteiger charge is -2.18. The van der Waals surface area contributed by atoms with Crippen LogP contribution in [0.3, 0.4) is 0 Å². The molecule has 0 unspecified atom stereocenters. The van der Waals surface area contributed by atoms with Gasteiger partial charge >= 0.3 is 0 Å². The van der Waals surface area contributed by atoms with Crippen molar-refractivity contribution in [1.82, 2.24) is 9.97 Å². The number of anilines is 2. The van der Waals surface area contributed by atoms with Gasteiger partial charge in [-0.1, -0.05) is 24.2 Å². The van der Waals surface area contributed by atoms with Gasteiger partial charge in [-0.05, 0) is 12.8 Å². The molecule has 6 heteroatoms. The molecule has 1 aliphatic rings. The van der Waals surface area contributed by atoms with Gasteiger partial charge in [0.1, 0.15) is 0 Å². The molecule has 0 amide bonds. The van der Waals surface area contributed by atoms with Crippen LogP contribution < -0.4 is 10.2 Å². The third-order valence-corrected chi connectivity index (χ3v) is 5.28. The summed E-state index contributed by atoms with van der Waals surface area (Å²) in [6, 6.07) is 0. The molecular weight excluding hydrogens is 276 g/mol. The molecule has 1 saturated heterocycles. The quantitative estimate of drug-likeness (QED) is 0.937. The summed E-state index contributed by atoms with van der Waals surface area (Å²) in [5.74, 6) is 0. The normalized spacial score (nSPS) is 16.4. The van der Waals surface area contributed by atoms with Crippen LogP contribution in [0.5, 0.6) is 0 Å². The van der Waals surface area contributed by atoms with Gasteiger partial charge in [0.2, 0.25) is 0 Å². The summed E-state index contributed by atoms with van der Waals surface area (Å²) in [6.45, 7) is 2.29. The first-order valence-corrected chi connectivity index (χ1v) is 8.41. The van der Waals surface area contributed by atoms with E-state index in [0.717, 1.165) is 33.9 Å². The Morgan fingerprint density at radius 2 is 2.00 bits per heavy atom. The topological polar surface area (TPSA) is 41.1 Å². The number of nitrogens with one attached hydrogen (secondary N) is 1. The van der Waals surface area contributed by atoms with E-state index >= 15 is 0 Å². The van der Waals surface area contributed by atoms with Gasteiger partial charge in [0.25, 0.3) is 0 Å². The van der Waals surface area contributed by atoms with E-state index in [-0.39, 0.29) is 0 Å². The van der Waals surface area contributed by atoms with Crippen molar-refractivity contribution in [3.63, 3.8) is 0 Å².